The second kappa shape index (κ2) is 19.5. The third-order valence-corrected chi connectivity index (χ3v) is 11.8. The Bertz CT molecular complexity index is 2200. The van der Waals surface area contributed by atoms with Crippen molar-refractivity contribution < 1.29 is 33.4 Å². The average Bonchev–Trinajstić information content (AvgIpc) is 3.29. The van der Waals surface area contributed by atoms with Crippen molar-refractivity contribution >= 4 is 53.0 Å². The molecule has 1 fully saturated rings. The summed E-state index contributed by atoms with van der Waals surface area (Å²) in [5, 5.41) is 5.10. The molecule has 300 valence electrons. The SMILES string of the molecule is O=C(CCC[C@@H](NC(=O)c1ccccc1)C(=O)OC(c1ccccc1)c1ccccc1)N[C@@H]1C(=O)N2C(C(=O)OC(c3ccccc3)c3ccccc3)=C(CCl)CS[C@H]12. The Balaban J connectivity index is 1.01. The molecule has 2 aliphatic rings. The largest absolute Gasteiger partial charge is 0.451 e. The maximum atomic E-state index is 13.9. The van der Waals surface area contributed by atoms with Gasteiger partial charge in [-0.1, -0.05) is 140 Å². The fourth-order valence-corrected chi connectivity index (χ4v) is 8.78. The van der Waals surface area contributed by atoms with Gasteiger partial charge in [0.2, 0.25) is 5.91 Å². The zero-order chi connectivity index (χ0) is 41.1. The molecule has 5 aromatic carbocycles. The summed E-state index contributed by atoms with van der Waals surface area (Å²) < 4.78 is 12.2. The van der Waals surface area contributed by atoms with Crippen LogP contribution in [-0.4, -0.2) is 63.7 Å². The van der Waals surface area contributed by atoms with Crippen LogP contribution in [0.1, 0.15) is 64.1 Å². The summed E-state index contributed by atoms with van der Waals surface area (Å²) in [5.41, 5.74) is 4.08. The molecule has 0 radical (unpaired) electrons. The minimum absolute atomic E-state index is 0.0220. The summed E-state index contributed by atoms with van der Waals surface area (Å²) in [6.45, 7) is 0. The van der Waals surface area contributed by atoms with Gasteiger partial charge in [-0.2, -0.15) is 0 Å². The van der Waals surface area contributed by atoms with Gasteiger partial charge in [0, 0.05) is 23.6 Å². The van der Waals surface area contributed by atoms with Crippen molar-refractivity contribution in [1.29, 1.82) is 0 Å². The summed E-state index contributed by atoms with van der Waals surface area (Å²) in [5.74, 6) is -2.27. The normalized spacial score (nSPS) is 16.5. The number of benzene rings is 5. The highest BCUT2D eigenvalue weighted by Gasteiger charge is 2.54. The van der Waals surface area contributed by atoms with Gasteiger partial charge in [0.25, 0.3) is 11.8 Å². The number of nitrogens with zero attached hydrogens (tertiary/aromatic N) is 1. The zero-order valence-corrected chi connectivity index (χ0v) is 33.5. The molecule has 0 aliphatic carbocycles. The minimum Gasteiger partial charge on any atom is -0.451 e. The number of fused-ring (bicyclic) bond motifs is 1. The molecule has 2 heterocycles. The lowest BCUT2D eigenvalue weighted by Crippen LogP contribution is -2.70. The monoisotopic (exact) mass is 827 g/mol. The second-order valence-electron chi connectivity index (χ2n) is 14.1. The van der Waals surface area contributed by atoms with Crippen LogP contribution in [0.2, 0.25) is 0 Å². The van der Waals surface area contributed by atoms with Crippen molar-refractivity contribution in [2.75, 3.05) is 11.6 Å². The van der Waals surface area contributed by atoms with Gasteiger partial charge in [0.1, 0.15) is 23.2 Å². The van der Waals surface area contributed by atoms with Gasteiger partial charge in [-0.15, -0.1) is 23.4 Å². The molecule has 7 rings (SSSR count). The van der Waals surface area contributed by atoms with Crippen molar-refractivity contribution in [1.82, 2.24) is 15.5 Å². The zero-order valence-electron chi connectivity index (χ0n) is 31.9. The van der Waals surface area contributed by atoms with Gasteiger partial charge in [-0.05, 0) is 52.8 Å². The summed E-state index contributed by atoms with van der Waals surface area (Å²) >= 11 is 7.71. The van der Waals surface area contributed by atoms with E-state index in [0.717, 1.165) is 22.3 Å². The predicted molar refractivity (Wildman–Crippen MR) is 226 cm³/mol. The molecule has 10 nitrogen and oxygen atoms in total. The number of hydrogen-bond acceptors (Lipinski definition) is 8. The van der Waals surface area contributed by atoms with E-state index in [9.17, 15) is 24.0 Å². The fourth-order valence-electron chi connectivity index (χ4n) is 7.10. The van der Waals surface area contributed by atoms with E-state index < -0.39 is 59.3 Å². The lowest BCUT2D eigenvalue weighted by atomic mass is 10.0. The van der Waals surface area contributed by atoms with Crippen molar-refractivity contribution in [2.24, 2.45) is 0 Å². The smallest absolute Gasteiger partial charge is 0.356 e. The molecule has 59 heavy (non-hydrogen) atoms. The number of carbonyl (C=O) groups excluding carboxylic acids is 5. The first-order valence-corrected chi connectivity index (χ1v) is 20.9. The Morgan fingerprint density at radius 1 is 0.695 bits per heavy atom. The van der Waals surface area contributed by atoms with Crippen LogP contribution >= 0.6 is 23.4 Å². The minimum atomic E-state index is -1.08. The standard InChI is InChI=1S/C47H42ClN3O7S/c48-29-36-30-59-45-39(44(54)51(45)40(36)47(56)58-42(33-21-10-3-11-22-33)34-23-12-4-13-24-34)50-38(52)28-16-27-37(49-43(53)35-25-14-5-15-26-35)46(55)57-41(31-17-6-1-7-18-31)32-19-8-2-9-20-32/h1-15,17-26,37,39,41-42,45H,16,27-30H2,(H,49,53)(H,50,52)/t37-,39-,45-/m1/s1. The molecule has 5 aromatic rings. The van der Waals surface area contributed by atoms with E-state index in [4.69, 9.17) is 21.1 Å². The third kappa shape index (κ3) is 9.76. The van der Waals surface area contributed by atoms with Crippen LogP contribution < -0.4 is 10.6 Å². The number of β-lactam (4-membered cyclic amide) rings is 1. The Kier molecular flexibility index (Phi) is 13.6. The molecule has 0 unspecified atom stereocenters. The van der Waals surface area contributed by atoms with Crippen LogP contribution in [0.15, 0.2) is 163 Å². The molecule has 0 aromatic heterocycles. The van der Waals surface area contributed by atoms with Gasteiger partial charge in [0.15, 0.2) is 12.2 Å². The second-order valence-corrected chi connectivity index (χ2v) is 15.4. The summed E-state index contributed by atoms with van der Waals surface area (Å²) in [6.07, 6.45) is -1.22. The van der Waals surface area contributed by atoms with Gasteiger partial charge in [-0.3, -0.25) is 19.3 Å². The molecule has 2 N–H and O–H groups in total. The number of thioether (sulfide) groups is 1. The van der Waals surface area contributed by atoms with Crippen molar-refractivity contribution in [3.63, 3.8) is 0 Å². The highest BCUT2D eigenvalue weighted by molar-refractivity contribution is 8.00. The highest BCUT2D eigenvalue weighted by Crippen LogP contribution is 2.42. The number of nitrogens with one attached hydrogen (secondary N) is 2. The molecular weight excluding hydrogens is 786 g/mol. The van der Waals surface area contributed by atoms with Crippen LogP contribution in [-0.2, 0) is 28.7 Å². The summed E-state index contributed by atoms with van der Waals surface area (Å²) in [6, 6.07) is 43.9. The quantitative estimate of drug-likeness (QED) is 0.0594. The number of ether oxygens (including phenoxy) is 2. The third-order valence-electron chi connectivity index (χ3n) is 10.1. The van der Waals surface area contributed by atoms with Crippen molar-refractivity contribution in [3.8, 4) is 0 Å². The Morgan fingerprint density at radius 2 is 1.17 bits per heavy atom. The first-order valence-electron chi connectivity index (χ1n) is 19.3. The molecule has 12 heteroatoms. The number of hydrogen-bond donors (Lipinski definition) is 2. The average molecular weight is 828 g/mol. The van der Waals surface area contributed by atoms with E-state index in [1.54, 1.807) is 30.3 Å². The number of alkyl halides is 1. The molecule has 2 aliphatic heterocycles. The molecule has 0 saturated carbocycles. The molecular formula is C47H42ClN3O7S. The van der Waals surface area contributed by atoms with Crippen LogP contribution in [0.5, 0.6) is 0 Å². The van der Waals surface area contributed by atoms with E-state index in [2.05, 4.69) is 10.6 Å². The van der Waals surface area contributed by atoms with Gasteiger partial charge >= 0.3 is 11.9 Å². The summed E-state index contributed by atoms with van der Waals surface area (Å²) in [7, 11) is 0. The lowest BCUT2D eigenvalue weighted by Gasteiger charge is -2.49. The van der Waals surface area contributed by atoms with E-state index in [1.165, 1.54) is 16.7 Å². The molecule has 0 spiro atoms. The number of carbonyl (C=O) groups is 5. The first-order chi connectivity index (χ1) is 28.8. The van der Waals surface area contributed by atoms with Crippen molar-refractivity contribution in [2.45, 2.75) is 48.9 Å². The number of rotatable bonds is 16. The first kappa shape index (κ1) is 41.0. The molecule has 0 bridgehead atoms. The van der Waals surface area contributed by atoms with E-state index in [0.29, 0.717) is 16.9 Å². The van der Waals surface area contributed by atoms with Gasteiger partial charge in [0.05, 0.1) is 0 Å². The van der Waals surface area contributed by atoms with Crippen LogP contribution in [0.25, 0.3) is 0 Å². The lowest BCUT2D eigenvalue weighted by molar-refractivity contribution is -0.154. The number of halogens is 1. The maximum Gasteiger partial charge on any atom is 0.356 e. The van der Waals surface area contributed by atoms with Crippen molar-refractivity contribution in [3.05, 3.63) is 191 Å². The summed E-state index contributed by atoms with van der Waals surface area (Å²) in [4.78, 5) is 69.6. The van der Waals surface area contributed by atoms with Crippen LogP contribution in [0, 0.1) is 0 Å². The van der Waals surface area contributed by atoms with Crippen LogP contribution in [0.4, 0.5) is 0 Å². The number of esters is 2. The highest BCUT2D eigenvalue weighted by atomic mass is 35.5. The van der Waals surface area contributed by atoms with E-state index >= 15 is 0 Å². The van der Waals surface area contributed by atoms with Gasteiger partial charge in [-0.25, -0.2) is 9.59 Å². The maximum absolute atomic E-state index is 13.9. The fraction of sp³-hybridized carbons (Fsp3) is 0.213. The Morgan fingerprint density at radius 3 is 1.66 bits per heavy atom. The van der Waals surface area contributed by atoms with E-state index in [-0.39, 0.29) is 30.8 Å². The molecule has 3 amide bonds. The Labute approximate surface area is 351 Å². The molecule has 3 atom stereocenters. The van der Waals surface area contributed by atoms with Gasteiger partial charge < -0.3 is 20.1 Å². The van der Waals surface area contributed by atoms with E-state index in [1.807, 2.05) is 121 Å². The predicted octanol–water partition coefficient (Wildman–Crippen LogP) is 7.51. The van der Waals surface area contributed by atoms with Crippen LogP contribution in [0.3, 0.4) is 0 Å². The molecule has 1 saturated heterocycles. The topological polar surface area (TPSA) is 131 Å². The Hall–Kier alpha value is -6.17. The number of amides is 3.